The van der Waals surface area contributed by atoms with E-state index in [4.69, 9.17) is 9.63 Å². The molecule has 3 rings (SSSR count). The lowest BCUT2D eigenvalue weighted by atomic mass is 9.98. The maximum atomic E-state index is 13.3. The SMILES string of the molecule is Oc1ccc(-c2noc(C3CCNCC3)n2)cc1F. The summed E-state index contributed by atoms with van der Waals surface area (Å²) in [6.07, 6.45) is 1.93. The number of nitrogens with one attached hydrogen (secondary N) is 1. The molecule has 100 valence electrons. The van der Waals surface area contributed by atoms with Crippen molar-refractivity contribution < 1.29 is 14.0 Å². The molecule has 6 heteroatoms. The third kappa shape index (κ3) is 2.44. The highest BCUT2D eigenvalue weighted by Gasteiger charge is 2.21. The van der Waals surface area contributed by atoms with E-state index >= 15 is 0 Å². The minimum Gasteiger partial charge on any atom is -0.505 e. The molecule has 19 heavy (non-hydrogen) atoms. The number of phenolic OH excluding ortho intramolecular Hbond substituents is 1. The van der Waals surface area contributed by atoms with Crippen LogP contribution in [0, 0.1) is 5.82 Å². The smallest absolute Gasteiger partial charge is 0.230 e. The largest absolute Gasteiger partial charge is 0.505 e. The van der Waals surface area contributed by atoms with E-state index < -0.39 is 5.82 Å². The van der Waals surface area contributed by atoms with Gasteiger partial charge in [0, 0.05) is 11.5 Å². The van der Waals surface area contributed by atoms with Gasteiger partial charge in [-0.05, 0) is 44.1 Å². The summed E-state index contributed by atoms with van der Waals surface area (Å²) in [5.41, 5.74) is 0.499. The predicted octanol–water partition coefficient (Wildman–Crippen LogP) is 2.05. The van der Waals surface area contributed by atoms with Gasteiger partial charge >= 0.3 is 0 Å². The standard InChI is InChI=1S/C13H14FN3O2/c14-10-7-9(1-2-11(10)18)12-16-13(19-17-12)8-3-5-15-6-4-8/h1-2,7-8,15,18H,3-6H2. The van der Waals surface area contributed by atoms with Crippen LogP contribution < -0.4 is 5.32 Å². The number of nitrogens with zero attached hydrogens (tertiary/aromatic N) is 2. The van der Waals surface area contributed by atoms with E-state index in [0.717, 1.165) is 25.9 Å². The summed E-state index contributed by atoms with van der Waals surface area (Å²) in [5, 5.41) is 16.3. The molecule has 1 aromatic carbocycles. The minimum absolute atomic E-state index is 0.268. The van der Waals surface area contributed by atoms with Gasteiger partial charge in [-0.25, -0.2) is 4.39 Å². The first-order chi connectivity index (χ1) is 9.24. The van der Waals surface area contributed by atoms with E-state index in [0.29, 0.717) is 17.3 Å². The van der Waals surface area contributed by atoms with Gasteiger partial charge in [-0.3, -0.25) is 0 Å². The number of halogens is 1. The summed E-state index contributed by atoms with van der Waals surface area (Å²) in [4.78, 5) is 4.32. The molecule has 0 unspecified atom stereocenters. The van der Waals surface area contributed by atoms with E-state index in [1.54, 1.807) is 6.07 Å². The molecular formula is C13H14FN3O2. The number of benzene rings is 1. The molecule has 1 aromatic heterocycles. The summed E-state index contributed by atoms with van der Waals surface area (Å²) < 4.78 is 18.5. The number of phenols is 1. The lowest BCUT2D eigenvalue weighted by molar-refractivity contribution is 0.320. The van der Waals surface area contributed by atoms with Crippen LogP contribution in [0.25, 0.3) is 11.4 Å². The van der Waals surface area contributed by atoms with Crippen LogP contribution in [0.1, 0.15) is 24.7 Å². The summed E-state index contributed by atoms with van der Waals surface area (Å²) in [5.74, 6) is 0.151. The Bertz CT molecular complexity index is 579. The Kier molecular flexibility index (Phi) is 3.16. The Morgan fingerprint density at radius 3 is 2.84 bits per heavy atom. The fourth-order valence-electron chi connectivity index (χ4n) is 2.23. The predicted molar refractivity (Wildman–Crippen MR) is 66.2 cm³/mol. The number of hydrogen-bond donors (Lipinski definition) is 2. The van der Waals surface area contributed by atoms with Crippen molar-refractivity contribution in [3.63, 3.8) is 0 Å². The summed E-state index contributed by atoms with van der Waals surface area (Å²) in [6.45, 7) is 1.88. The Labute approximate surface area is 109 Å². The molecule has 0 radical (unpaired) electrons. The first kappa shape index (κ1) is 12.1. The third-order valence-corrected chi connectivity index (χ3v) is 3.34. The van der Waals surface area contributed by atoms with E-state index in [1.165, 1.54) is 12.1 Å². The second-order valence-corrected chi connectivity index (χ2v) is 4.65. The Morgan fingerprint density at radius 2 is 2.11 bits per heavy atom. The molecule has 0 spiro atoms. The van der Waals surface area contributed by atoms with Gasteiger partial charge in [0.1, 0.15) is 0 Å². The second-order valence-electron chi connectivity index (χ2n) is 4.65. The zero-order chi connectivity index (χ0) is 13.2. The zero-order valence-corrected chi connectivity index (χ0v) is 10.3. The van der Waals surface area contributed by atoms with Gasteiger partial charge in [-0.15, -0.1) is 0 Å². The van der Waals surface area contributed by atoms with Crippen LogP contribution in [0.5, 0.6) is 5.75 Å². The number of aromatic nitrogens is 2. The zero-order valence-electron chi connectivity index (χ0n) is 10.3. The highest BCUT2D eigenvalue weighted by molar-refractivity contribution is 5.55. The molecule has 2 aromatic rings. The van der Waals surface area contributed by atoms with E-state index in [-0.39, 0.29) is 11.7 Å². The van der Waals surface area contributed by atoms with Crippen molar-refractivity contribution in [1.82, 2.24) is 15.5 Å². The van der Waals surface area contributed by atoms with Crippen molar-refractivity contribution >= 4 is 0 Å². The van der Waals surface area contributed by atoms with Crippen molar-refractivity contribution in [3.8, 4) is 17.1 Å². The molecule has 0 bridgehead atoms. The minimum atomic E-state index is -0.689. The van der Waals surface area contributed by atoms with E-state index in [2.05, 4.69) is 15.5 Å². The Morgan fingerprint density at radius 1 is 1.32 bits per heavy atom. The number of hydrogen-bond acceptors (Lipinski definition) is 5. The second kappa shape index (κ2) is 4.97. The molecule has 1 fully saturated rings. The Balaban J connectivity index is 1.85. The van der Waals surface area contributed by atoms with Crippen LogP contribution in [-0.2, 0) is 0 Å². The molecule has 1 aliphatic rings. The molecule has 0 atom stereocenters. The van der Waals surface area contributed by atoms with Gasteiger partial charge < -0.3 is 14.9 Å². The highest BCUT2D eigenvalue weighted by atomic mass is 19.1. The molecule has 5 nitrogen and oxygen atoms in total. The van der Waals surface area contributed by atoms with Crippen molar-refractivity contribution in [3.05, 3.63) is 29.9 Å². The molecule has 2 heterocycles. The maximum Gasteiger partial charge on any atom is 0.230 e. The van der Waals surface area contributed by atoms with Gasteiger partial charge in [0.25, 0.3) is 0 Å². The summed E-state index contributed by atoms with van der Waals surface area (Å²) in [7, 11) is 0. The average molecular weight is 263 g/mol. The van der Waals surface area contributed by atoms with Crippen LogP contribution in [0.2, 0.25) is 0 Å². The van der Waals surface area contributed by atoms with Crippen LogP contribution in [0.3, 0.4) is 0 Å². The molecule has 0 amide bonds. The molecule has 0 aliphatic carbocycles. The molecule has 1 saturated heterocycles. The lowest BCUT2D eigenvalue weighted by Gasteiger charge is -2.18. The van der Waals surface area contributed by atoms with Gasteiger partial charge in [0.05, 0.1) is 0 Å². The van der Waals surface area contributed by atoms with Gasteiger partial charge in [0.15, 0.2) is 11.6 Å². The van der Waals surface area contributed by atoms with Crippen LogP contribution >= 0.6 is 0 Å². The average Bonchev–Trinajstić information content (AvgIpc) is 2.93. The fraction of sp³-hybridized carbons (Fsp3) is 0.385. The highest BCUT2D eigenvalue weighted by Crippen LogP contribution is 2.27. The van der Waals surface area contributed by atoms with Crippen LogP contribution in [0.4, 0.5) is 4.39 Å². The van der Waals surface area contributed by atoms with Crippen molar-refractivity contribution in [2.45, 2.75) is 18.8 Å². The topological polar surface area (TPSA) is 71.2 Å². The molecule has 1 aliphatic heterocycles. The number of piperidine rings is 1. The summed E-state index contributed by atoms with van der Waals surface area (Å²) >= 11 is 0. The maximum absolute atomic E-state index is 13.3. The quantitative estimate of drug-likeness (QED) is 0.867. The van der Waals surface area contributed by atoms with Crippen molar-refractivity contribution in [1.29, 1.82) is 0 Å². The van der Waals surface area contributed by atoms with E-state index in [1.807, 2.05) is 0 Å². The lowest BCUT2D eigenvalue weighted by Crippen LogP contribution is -2.26. The monoisotopic (exact) mass is 263 g/mol. The normalized spacial score (nSPS) is 16.7. The van der Waals surface area contributed by atoms with Crippen molar-refractivity contribution in [2.24, 2.45) is 0 Å². The number of rotatable bonds is 2. The van der Waals surface area contributed by atoms with Crippen LogP contribution in [-0.4, -0.2) is 28.3 Å². The van der Waals surface area contributed by atoms with Gasteiger partial charge in [0.2, 0.25) is 11.7 Å². The first-order valence-corrected chi connectivity index (χ1v) is 6.27. The fourth-order valence-corrected chi connectivity index (χ4v) is 2.23. The molecular weight excluding hydrogens is 249 g/mol. The molecule has 2 N–H and O–H groups in total. The van der Waals surface area contributed by atoms with Crippen molar-refractivity contribution in [2.75, 3.05) is 13.1 Å². The van der Waals surface area contributed by atoms with Gasteiger partial charge in [-0.1, -0.05) is 5.16 Å². The third-order valence-electron chi connectivity index (χ3n) is 3.34. The summed E-state index contributed by atoms with van der Waals surface area (Å²) in [6, 6.07) is 4.05. The molecule has 0 saturated carbocycles. The Hall–Kier alpha value is -1.95. The van der Waals surface area contributed by atoms with E-state index in [9.17, 15) is 4.39 Å². The number of aromatic hydroxyl groups is 1. The first-order valence-electron chi connectivity index (χ1n) is 6.27. The van der Waals surface area contributed by atoms with Gasteiger partial charge in [-0.2, -0.15) is 4.98 Å². The van der Waals surface area contributed by atoms with Crippen LogP contribution in [0.15, 0.2) is 22.7 Å².